The molecule has 1 atom stereocenters. The first kappa shape index (κ1) is 13.6. The number of methoxy groups -OCH3 is 1. The van der Waals surface area contributed by atoms with Gasteiger partial charge in [-0.25, -0.2) is 4.98 Å². The largest absolute Gasteiger partial charge is 0.481 e. The molecule has 0 saturated heterocycles. The van der Waals surface area contributed by atoms with Crippen LogP contribution in [0.2, 0.25) is 0 Å². The first-order valence-electron chi connectivity index (χ1n) is 6.33. The van der Waals surface area contributed by atoms with E-state index >= 15 is 0 Å². The molecule has 2 rings (SSSR count). The highest BCUT2D eigenvalue weighted by Gasteiger charge is 2.27. The Morgan fingerprint density at radius 1 is 1.47 bits per heavy atom. The fraction of sp³-hybridized carbons (Fsp3) is 0.538. The van der Waals surface area contributed by atoms with E-state index in [2.05, 4.69) is 19.8 Å². The van der Waals surface area contributed by atoms with Crippen molar-refractivity contribution < 1.29 is 4.74 Å². The van der Waals surface area contributed by atoms with Gasteiger partial charge < -0.3 is 20.3 Å². The molecule has 0 fully saturated rings. The number of pyridine rings is 1. The van der Waals surface area contributed by atoms with Gasteiger partial charge in [0.1, 0.15) is 0 Å². The third-order valence-electron chi connectivity index (χ3n) is 3.24. The first-order valence-corrected chi connectivity index (χ1v) is 6.33. The maximum atomic E-state index is 5.96. The van der Waals surface area contributed by atoms with Crippen LogP contribution in [0.3, 0.4) is 0 Å². The van der Waals surface area contributed by atoms with Gasteiger partial charge in [0.05, 0.1) is 19.7 Å². The number of hydrogen-bond acceptors (Lipinski definition) is 6. The topological polar surface area (TPSA) is 67.0 Å². The summed E-state index contributed by atoms with van der Waals surface area (Å²) in [6.07, 6.45) is 1.83. The van der Waals surface area contributed by atoms with E-state index in [0.717, 1.165) is 18.7 Å². The molecule has 104 valence electrons. The molecule has 0 spiro atoms. The molecular weight excluding hydrogens is 242 g/mol. The Balaban J connectivity index is 2.09. The summed E-state index contributed by atoms with van der Waals surface area (Å²) in [7, 11) is 5.71. The van der Waals surface area contributed by atoms with Crippen molar-refractivity contribution in [1.29, 1.82) is 0 Å². The van der Waals surface area contributed by atoms with Gasteiger partial charge in [0.15, 0.2) is 5.96 Å². The zero-order valence-corrected chi connectivity index (χ0v) is 11.7. The fourth-order valence-corrected chi connectivity index (χ4v) is 2.10. The van der Waals surface area contributed by atoms with E-state index in [1.54, 1.807) is 7.11 Å². The Hall–Kier alpha value is -1.82. The van der Waals surface area contributed by atoms with Crippen LogP contribution in [-0.2, 0) is 0 Å². The molecule has 1 aromatic rings. The number of aromatic nitrogens is 1. The van der Waals surface area contributed by atoms with Crippen molar-refractivity contribution in [2.75, 3.05) is 40.8 Å². The third kappa shape index (κ3) is 3.14. The van der Waals surface area contributed by atoms with E-state index in [0.29, 0.717) is 18.4 Å². The van der Waals surface area contributed by atoms with Crippen molar-refractivity contribution in [3.63, 3.8) is 0 Å². The van der Waals surface area contributed by atoms with Crippen LogP contribution >= 0.6 is 0 Å². The highest BCUT2D eigenvalue weighted by Crippen LogP contribution is 2.25. The quantitative estimate of drug-likeness (QED) is 0.829. The number of guanidine groups is 1. The lowest BCUT2D eigenvalue weighted by Crippen LogP contribution is -2.40. The standard InChI is InChI=1S/C13H21N5O/c1-17(2)6-7-18-11(9-16-13(18)14)10-4-5-12(19-3)15-8-10/h4-5,8,11H,6-7,9H2,1-3H3,(H2,14,16). The Morgan fingerprint density at radius 2 is 2.26 bits per heavy atom. The van der Waals surface area contributed by atoms with E-state index in [-0.39, 0.29) is 6.04 Å². The van der Waals surface area contributed by atoms with Gasteiger partial charge in [-0.1, -0.05) is 0 Å². The second-order valence-electron chi connectivity index (χ2n) is 4.85. The van der Waals surface area contributed by atoms with Gasteiger partial charge in [-0.05, 0) is 25.7 Å². The number of likely N-dealkylation sites (N-methyl/N-ethyl adjacent to an activating group) is 1. The molecule has 19 heavy (non-hydrogen) atoms. The maximum absolute atomic E-state index is 5.96. The number of nitrogens with two attached hydrogens (primary N) is 1. The summed E-state index contributed by atoms with van der Waals surface area (Å²) in [5, 5.41) is 0. The van der Waals surface area contributed by atoms with E-state index in [4.69, 9.17) is 10.5 Å². The molecule has 1 unspecified atom stereocenters. The van der Waals surface area contributed by atoms with Crippen LogP contribution in [0.4, 0.5) is 0 Å². The molecule has 1 aliphatic heterocycles. The van der Waals surface area contributed by atoms with Crippen molar-refractivity contribution in [3.05, 3.63) is 23.9 Å². The number of hydrogen-bond donors (Lipinski definition) is 1. The van der Waals surface area contributed by atoms with Gasteiger partial charge in [0.25, 0.3) is 0 Å². The van der Waals surface area contributed by atoms with Crippen LogP contribution in [0.1, 0.15) is 11.6 Å². The Kier molecular flexibility index (Phi) is 4.21. The van der Waals surface area contributed by atoms with Crippen LogP contribution in [-0.4, -0.2) is 61.6 Å². The summed E-state index contributed by atoms with van der Waals surface area (Å²) < 4.78 is 5.07. The molecular formula is C13H21N5O. The summed E-state index contributed by atoms with van der Waals surface area (Å²) >= 11 is 0. The van der Waals surface area contributed by atoms with Crippen LogP contribution in [0.15, 0.2) is 23.3 Å². The summed E-state index contributed by atoms with van der Waals surface area (Å²) in [5.41, 5.74) is 7.08. The molecule has 1 aliphatic rings. The average molecular weight is 263 g/mol. The summed E-state index contributed by atoms with van der Waals surface area (Å²) in [4.78, 5) is 12.8. The number of rotatable bonds is 5. The zero-order chi connectivity index (χ0) is 13.8. The van der Waals surface area contributed by atoms with Crippen LogP contribution in [0.5, 0.6) is 5.88 Å². The van der Waals surface area contributed by atoms with Crippen molar-refractivity contribution >= 4 is 5.96 Å². The van der Waals surface area contributed by atoms with Crippen LogP contribution < -0.4 is 10.5 Å². The Bertz CT molecular complexity index is 443. The lowest BCUT2D eigenvalue weighted by molar-refractivity contribution is 0.292. The minimum Gasteiger partial charge on any atom is -0.481 e. The molecule has 1 aromatic heterocycles. The number of aliphatic imine (C=N–C) groups is 1. The molecule has 2 N–H and O–H groups in total. The number of nitrogens with zero attached hydrogens (tertiary/aromatic N) is 4. The monoisotopic (exact) mass is 263 g/mol. The van der Waals surface area contributed by atoms with E-state index in [1.807, 2.05) is 32.4 Å². The second-order valence-corrected chi connectivity index (χ2v) is 4.85. The molecule has 0 aliphatic carbocycles. The minimum atomic E-state index is 0.179. The first-order chi connectivity index (χ1) is 9.11. The molecule has 0 radical (unpaired) electrons. The zero-order valence-electron chi connectivity index (χ0n) is 11.7. The van der Waals surface area contributed by atoms with Gasteiger partial charge >= 0.3 is 0 Å². The van der Waals surface area contributed by atoms with Gasteiger partial charge in [-0.3, -0.25) is 4.99 Å². The third-order valence-corrected chi connectivity index (χ3v) is 3.24. The summed E-state index contributed by atoms with van der Waals surface area (Å²) in [6, 6.07) is 4.07. The van der Waals surface area contributed by atoms with E-state index in [9.17, 15) is 0 Å². The Labute approximate surface area is 113 Å². The van der Waals surface area contributed by atoms with Crippen molar-refractivity contribution in [2.24, 2.45) is 10.7 Å². The predicted octanol–water partition coefficient (Wildman–Crippen LogP) is 0.323. The van der Waals surface area contributed by atoms with E-state index in [1.165, 1.54) is 0 Å². The normalized spacial score (nSPS) is 18.8. The molecule has 2 heterocycles. The molecule has 0 saturated carbocycles. The smallest absolute Gasteiger partial charge is 0.212 e. The van der Waals surface area contributed by atoms with Gasteiger partial charge in [-0.15, -0.1) is 0 Å². The molecule has 0 bridgehead atoms. The molecule has 6 nitrogen and oxygen atoms in total. The van der Waals surface area contributed by atoms with Crippen LogP contribution in [0, 0.1) is 0 Å². The highest BCUT2D eigenvalue weighted by molar-refractivity contribution is 5.80. The van der Waals surface area contributed by atoms with Crippen molar-refractivity contribution in [1.82, 2.24) is 14.8 Å². The minimum absolute atomic E-state index is 0.179. The van der Waals surface area contributed by atoms with Gasteiger partial charge in [-0.2, -0.15) is 0 Å². The molecule has 0 amide bonds. The highest BCUT2D eigenvalue weighted by atomic mass is 16.5. The predicted molar refractivity (Wildman–Crippen MR) is 75.3 cm³/mol. The lowest BCUT2D eigenvalue weighted by Gasteiger charge is -2.27. The Morgan fingerprint density at radius 3 is 2.84 bits per heavy atom. The number of ether oxygens (including phenoxy) is 1. The lowest BCUT2D eigenvalue weighted by atomic mass is 10.1. The second kappa shape index (κ2) is 5.88. The molecule has 6 heteroatoms. The van der Waals surface area contributed by atoms with Crippen molar-refractivity contribution in [2.45, 2.75) is 6.04 Å². The summed E-state index contributed by atoms with van der Waals surface area (Å²) in [6.45, 7) is 2.49. The van der Waals surface area contributed by atoms with Gasteiger partial charge in [0.2, 0.25) is 5.88 Å². The van der Waals surface area contributed by atoms with Crippen LogP contribution in [0.25, 0.3) is 0 Å². The molecule has 0 aromatic carbocycles. The van der Waals surface area contributed by atoms with Gasteiger partial charge in [0, 0.05) is 25.4 Å². The van der Waals surface area contributed by atoms with E-state index < -0.39 is 0 Å². The average Bonchev–Trinajstić information content (AvgIpc) is 2.78. The summed E-state index contributed by atoms with van der Waals surface area (Å²) in [5.74, 6) is 1.23. The van der Waals surface area contributed by atoms with Crippen molar-refractivity contribution in [3.8, 4) is 5.88 Å². The SMILES string of the molecule is COc1ccc(C2CN=C(N)N2CCN(C)C)cn1. The fourth-order valence-electron chi connectivity index (χ4n) is 2.10. The maximum Gasteiger partial charge on any atom is 0.212 e.